The molecule has 1 aromatic heterocycles. The highest BCUT2D eigenvalue weighted by Gasteiger charge is 2.23. The largest absolute Gasteiger partial charge is 0.317 e. The monoisotopic (exact) mass is 221 g/mol. The van der Waals surface area contributed by atoms with Gasteiger partial charge in [0.25, 0.3) is 0 Å². The summed E-state index contributed by atoms with van der Waals surface area (Å²) in [4.78, 5) is 0. The fourth-order valence-electron chi connectivity index (χ4n) is 2.88. The molecular weight excluding hydrogens is 198 g/mol. The molecule has 3 atom stereocenters. The maximum absolute atomic E-state index is 3.91. The maximum Gasteiger partial charge on any atom is 0.119 e. The molecule has 1 aliphatic rings. The smallest absolute Gasteiger partial charge is 0.119 e. The Morgan fingerprint density at radius 2 is 2.06 bits per heavy atom. The molecule has 1 aromatic rings. The second-order valence-corrected chi connectivity index (χ2v) is 5.34. The van der Waals surface area contributed by atoms with Crippen molar-refractivity contribution in [1.29, 1.82) is 0 Å². The lowest BCUT2D eigenvalue weighted by Gasteiger charge is -2.31. The van der Waals surface area contributed by atoms with E-state index in [4.69, 9.17) is 0 Å². The van der Waals surface area contributed by atoms with Crippen LogP contribution in [0, 0.1) is 11.8 Å². The molecule has 0 aliphatic heterocycles. The van der Waals surface area contributed by atoms with E-state index < -0.39 is 0 Å². The van der Waals surface area contributed by atoms with Gasteiger partial charge in [-0.25, -0.2) is 0 Å². The molecule has 1 heterocycles. The van der Waals surface area contributed by atoms with E-state index in [0.717, 1.165) is 11.8 Å². The van der Waals surface area contributed by atoms with Gasteiger partial charge in [0.1, 0.15) is 12.7 Å². The van der Waals surface area contributed by atoms with Gasteiger partial charge < -0.3 is 4.57 Å². The molecule has 3 unspecified atom stereocenters. The summed E-state index contributed by atoms with van der Waals surface area (Å²) < 4.78 is 2.20. The summed E-state index contributed by atoms with van der Waals surface area (Å²) in [5, 5.41) is 7.82. The molecule has 3 nitrogen and oxygen atoms in total. The van der Waals surface area contributed by atoms with Gasteiger partial charge >= 0.3 is 0 Å². The number of nitrogens with zero attached hydrogens (tertiary/aromatic N) is 3. The minimum Gasteiger partial charge on any atom is -0.317 e. The van der Waals surface area contributed by atoms with Gasteiger partial charge in [0.15, 0.2) is 0 Å². The predicted octanol–water partition coefficient (Wildman–Crippen LogP) is 3.45. The summed E-state index contributed by atoms with van der Waals surface area (Å²) in [5.41, 5.74) is 0. The highest BCUT2D eigenvalue weighted by molar-refractivity contribution is 4.80. The van der Waals surface area contributed by atoms with Gasteiger partial charge in [-0.2, -0.15) is 0 Å². The Bertz CT molecular complexity index is 294. The van der Waals surface area contributed by atoms with Crippen LogP contribution in [0.15, 0.2) is 12.7 Å². The fraction of sp³-hybridized carbons (Fsp3) is 0.846. The molecule has 0 N–H and O–H groups in total. The van der Waals surface area contributed by atoms with Crippen LogP contribution in [0.1, 0.15) is 58.4 Å². The minimum absolute atomic E-state index is 0.651. The number of rotatable bonds is 4. The van der Waals surface area contributed by atoms with Crippen molar-refractivity contribution in [1.82, 2.24) is 14.8 Å². The molecule has 0 saturated heterocycles. The van der Waals surface area contributed by atoms with Crippen LogP contribution in [0.2, 0.25) is 0 Å². The first-order valence-electron chi connectivity index (χ1n) is 6.63. The summed E-state index contributed by atoms with van der Waals surface area (Å²) in [7, 11) is 0. The lowest BCUT2D eigenvalue weighted by Crippen LogP contribution is -2.20. The second-order valence-electron chi connectivity index (χ2n) is 5.34. The minimum atomic E-state index is 0.651. The number of hydrogen-bond acceptors (Lipinski definition) is 2. The molecule has 1 fully saturated rings. The van der Waals surface area contributed by atoms with Crippen LogP contribution in [-0.2, 0) is 0 Å². The zero-order valence-electron chi connectivity index (χ0n) is 10.5. The normalized spacial score (nSPS) is 27.9. The average molecular weight is 221 g/mol. The van der Waals surface area contributed by atoms with Crippen molar-refractivity contribution in [2.24, 2.45) is 11.8 Å². The molecule has 90 valence electrons. The van der Waals surface area contributed by atoms with Crippen LogP contribution in [0.4, 0.5) is 0 Å². The second kappa shape index (κ2) is 5.46. The van der Waals surface area contributed by atoms with Crippen molar-refractivity contribution in [2.75, 3.05) is 0 Å². The highest BCUT2D eigenvalue weighted by Crippen LogP contribution is 2.35. The first kappa shape index (κ1) is 11.6. The Labute approximate surface area is 98.3 Å². The SMILES string of the molecule is CCC(C)CC1CCCC(n2cnnc2)C1. The van der Waals surface area contributed by atoms with E-state index in [1.807, 2.05) is 12.7 Å². The standard InChI is InChI=1S/C13H23N3/c1-3-11(2)7-12-5-4-6-13(8-12)16-9-14-15-10-16/h9-13H,3-8H2,1-2H3. The zero-order chi connectivity index (χ0) is 11.4. The van der Waals surface area contributed by atoms with Crippen LogP contribution in [0.25, 0.3) is 0 Å². The Balaban J connectivity index is 1.89. The van der Waals surface area contributed by atoms with E-state index in [0.29, 0.717) is 6.04 Å². The van der Waals surface area contributed by atoms with Crippen molar-refractivity contribution >= 4 is 0 Å². The molecule has 0 bridgehead atoms. The topological polar surface area (TPSA) is 30.7 Å². The van der Waals surface area contributed by atoms with E-state index >= 15 is 0 Å². The quantitative estimate of drug-likeness (QED) is 0.779. The van der Waals surface area contributed by atoms with Gasteiger partial charge in [0, 0.05) is 6.04 Å². The number of aromatic nitrogens is 3. The molecule has 16 heavy (non-hydrogen) atoms. The number of hydrogen-bond donors (Lipinski definition) is 0. The Morgan fingerprint density at radius 3 is 2.75 bits per heavy atom. The molecule has 1 aliphatic carbocycles. The predicted molar refractivity (Wildman–Crippen MR) is 65.1 cm³/mol. The summed E-state index contributed by atoms with van der Waals surface area (Å²) >= 11 is 0. The van der Waals surface area contributed by atoms with E-state index in [2.05, 4.69) is 28.6 Å². The van der Waals surface area contributed by atoms with Gasteiger partial charge in [0.2, 0.25) is 0 Å². The van der Waals surface area contributed by atoms with E-state index in [1.165, 1.54) is 38.5 Å². The van der Waals surface area contributed by atoms with Crippen molar-refractivity contribution < 1.29 is 0 Å². The van der Waals surface area contributed by atoms with Crippen LogP contribution < -0.4 is 0 Å². The third-order valence-corrected chi connectivity index (χ3v) is 4.05. The third kappa shape index (κ3) is 2.83. The van der Waals surface area contributed by atoms with E-state index in [1.54, 1.807) is 0 Å². The Morgan fingerprint density at radius 1 is 1.31 bits per heavy atom. The van der Waals surface area contributed by atoms with Crippen molar-refractivity contribution in [2.45, 2.75) is 58.4 Å². The summed E-state index contributed by atoms with van der Waals surface area (Å²) in [6.07, 6.45) is 11.9. The van der Waals surface area contributed by atoms with Gasteiger partial charge in [-0.05, 0) is 31.1 Å². The van der Waals surface area contributed by atoms with E-state index in [-0.39, 0.29) is 0 Å². The lowest BCUT2D eigenvalue weighted by molar-refractivity contribution is 0.230. The third-order valence-electron chi connectivity index (χ3n) is 4.05. The van der Waals surface area contributed by atoms with Crippen LogP contribution in [0.5, 0.6) is 0 Å². The van der Waals surface area contributed by atoms with Crippen LogP contribution in [0.3, 0.4) is 0 Å². The fourth-order valence-corrected chi connectivity index (χ4v) is 2.88. The summed E-state index contributed by atoms with van der Waals surface area (Å²) in [6, 6.07) is 0.651. The van der Waals surface area contributed by atoms with Crippen molar-refractivity contribution in [3.63, 3.8) is 0 Å². The highest BCUT2D eigenvalue weighted by atomic mass is 15.2. The molecule has 3 heteroatoms. The molecule has 1 saturated carbocycles. The molecule has 0 aromatic carbocycles. The van der Waals surface area contributed by atoms with Gasteiger partial charge in [-0.3, -0.25) is 0 Å². The summed E-state index contributed by atoms with van der Waals surface area (Å²) in [6.45, 7) is 4.67. The molecule has 0 spiro atoms. The Hall–Kier alpha value is -0.860. The van der Waals surface area contributed by atoms with Gasteiger partial charge in [0.05, 0.1) is 0 Å². The van der Waals surface area contributed by atoms with Gasteiger partial charge in [-0.1, -0.05) is 33.1 Å². The molecular formula is C13H23N3. The van der Waals surface area contributed by atoms with Crippen molar-refractivity contribution in [3.05, 3.63) is 12.7 Å². The first-order valence-corrected chi connectivity index (χ1v) is 6.63. The summed E-state index contributed by atoms with van der Waals surface area (Å²) in [5.74, 6) is 1.79. The van der Waals surface area contributed by atoms with E-state index in [9.17, 15) is 0 Å². The van der Waals surface area contributed by atoms with Crippen LogP contribution >= 0.6 is 0 Å². The molecule has 0 amide bonds. The maximum atomic E-state index is 3.91. The zero-order valence-corrected chi connectivity index (χ0v) is 10.5. The Kier molecular flexibility index (Phi) is 3.97. The molecule has 2 rings (SSSR count). The van der Waals surface area contributed by atoms with Crippen molar-refractivity contribution in [3.8, 4) is 0 Å². The van der Waals surface area contributed by atoms with Gasteiger partial charge in [-0.15, -0.1) is 10.2 Å². The first-order chi connectivity index (χ1) is 7.79. The lowest BCUT2D eigenvalue weighted by atomic mass is 9.80. The average Bonchev–Trinajstić information content (AvgIpc) is 2.83. The molecule has 0 radical (unpaired) electrons. The van der Waals surface area contributed by atoms with Crippen LogP contribution in [-0.4, -0.2) is 14.8 Å².